The van der Waals surface area contributed by atoms with E-state index >= 15 is 0 Å². The van der Waals surface area contributed by atoms with Crippen molar-refractivity contribution < 1.29 is 18.4 Å². The van der Waals surface area contributed by atoms with Gasteiger partial charge in [0.15, 0.2) is 23.3 Å². The van der Waals surface area contributed by atoms with Gasteiger partial charge in [0.1, 0.15) is 0 Å². The van der Waals surface area contributed by atoms with Crippen LogP contribution in [-0.4, -0.2) is 39.7 Å². The maximum atomic E-state index is 14.8. The summed E-state index contributed by atoms with van der Waals surface area (Å²) >= 11 is 0. The van der Waals surface area contributed by atoms with Gasteiger partial charge in [-0.25, -0.2) is 13.8 Å². The van der Waals surface area contributed by atoms with Crippen molar-refractivity contribution >= 4 is 28.5 Å². The van der Waals surface area contributed by atoms with E-state index in [1.54, 1.807) is 31.6 Å². The number of nitrogens with zero attached hydrogens (tertiary/aromatic N) is 5. The molecule has 0 bridgehead atoms. The maximum Gasteiger partial charge on any atom is 0.363 e. The molecule has 0 radical (unpaired) electrons. The molecule has 3 aromatic heterocycles. The minimum Gasteiger partial charge on any atom is -0.481 e. The molecule has 43 heavy (non-hydrogen) atoms. The molecule has 0 aliphatic carbocycles. The average molecular weight is 586 g/mol. The van der Waals surface area contributed by atoms with Crippen molar-refractivity contribution in [3.05, 3.63) is 115 Å². The zero-order valence-corrected chi connectivity index (χ0v) is 23.5. The monoisotopic (exact) mass is 585 g/mol. The summed E-state index contributed by atoms with van der Waals surface area (Å²) in [6.07, 6.45) is 12.9. The van der Waals surface area contributed by atoms with E-state index in [1.807, 2.05) is 28.9 Å². The van der Waals surface area contributed by atoms with Crippen LogP contribution < -0.4 is 15.1 Å². The highest BCUT2D eigenvalue weighted by atomic mass is 19.2. The summed E-state index contributed by atoms with van der Waals surface area (Å²) < 4.78 is 36.6. The SMILES string of the molecule is COc1cc(C/C(=C\c2cn3c4c(c(F)c(F)cc4c2=O)CC=CC3)[C@H]2CCCN(c3ccc([N+](=O)[O-])nc3)C2)ccn1. The highest BCUT2D eigenvalue weighted by molar-refractivity contribution is 5.85. The predicted octanol–water partition coefficient (Wildman–Crippen LogP) is 5.64. The molecule has 1 aromatic carbocycles. The van der Waals surface area contributed by atoms with Gasteiger partial charge in [0.2, 0.25) is 5.88 Å². The molecular weight excluding hydrogens is 556 g/mol. The number of methoxy groups -OCH3 is 1. The molecule has 4 aromatic rings. The third-order valence-electron chi connectivity index (χ3n) is 8.15. The van der Waals surface area contributed by atoms with Crippen LogP contribution in [0.1, 0.15) is 29.5 Å². The minimum atomic E-state index is -1.04. The standard InChI is InChI=1S/C32H29F2N5O4/c1-43-29-14-20(9-10-35-29)13-22(21-5-4-12-37(18-21)24-7-8-28(36-17-24)39(41)42)15-23-19-38-11-3-2-6-25-30(34)27(33)16-26(31(25)38)32(23)40/h2-3,7-10,14-17,19,21H,4-6,11-13,18H2,1H3/b22-15+/t21-/m0/s1. The summed E-state index contributed by atoms with van der Waals surface area (Å²) in [5, 5.41) is 11.2. The zero-order chi connectivity index (χ0) is 30.1. The van der Waals surface area contributed by atoms with Crippen molar-refractivity contribution in [3.8, 4) is 5.88 Å². The number of pyridine rings is 3. The lowest BCUT2D eigenvalue weighted by atomic mass is 9.85. The van der Waals surface area contributed by atoms with Crippen LogP contribution in [0, 0.1) is 27.7 Å². The second-order valence-electron chi connectivity index (χ2n) is 10.8. The van der Waals surface area contributed by atoms with E-state index in [9.17, 15) is 23.7 Å². The van der Waals surface area contributed by atoms with Gasteiger partial charge in [0, 0.05) is 60.7 Å². The molecule has 11 heteroatoms. The maximum absolute atomic E-state index is 14.8. The van der Waals surface area contributed by atoms with Crippen LogP contribution in [-0.2, 0) is 19.4 Å². The number of benzene rings is 1. The average Bonchev–Trinajstić information content (AvgIpc) is 3.24. The number of hydrogen-bond donors (Lipinski definition) is 0. The Balaban J connectivity index is 1.44. The number of nitro groups is 1. The summed E-state index contributed by atoms with van der Waals surface area (Å²) in [4.78, 5) is 34.7. The van der Waals surface area contributed by atoms with Crippen LogP contribution in [0.3, 0.4) is 0 Å². The summed E-state index contributed by atoms with van der Waals surface area (Å²) in [5.74, 6) is -1.67. The van der Waals surface area contributed by atoms with Crippen molar-refractivity contribution in [1.82, 2.24) is 14.5 Å². The molecule has 0 spiro atoms. The minimum absolute atomic E-state index is 0.0303. The number of allylic oxidation sites excluding steroid dienone is 2. The van der Waals surface area contributed by atoms with Crippen molar-refractivity contribution in [1.29, 1.82) is 0 Å². The lowest BCUT2D eigenvalue weighted by molar-refractivity contribution is -0.389. The smallest absolute Gasteiger partial charge is 0.363 e. The van der Waals surface area contributed by atoms with Gasteiger partial charge in [-0.15, -0.1) is 0 Å². The number of hydrogen-bond acceptors (Lipinski definition) is 7. The van der Waals surface area contributed by atoms with Gasteiger partial charge in [0.25, 0.3) is 0 Å². The highest BCUT2D eigenvalue weighted by Crippen LogP contribution is 2.32. The second kappa shape index (κ2) is 11.7. The number of piperidine rings is 1. The third-order valence-corrected chi connectivity index (χ3v) is 8.15. The van der Waals surface area contributed by atoms with Crippen molar-refractivity contribution in [3.63, 3.8) is 0 Å². The van der Waals surface area contributed by atoms with E-state index in [2.05, 4.69) is 14.9 Å². The number of rotatable bonds is 7. The Labute approximate surface area is 245 Å². The Kier molecular flexibility index (Phi) is 7.71. The fourth-order valence-corrected chi connectivity index (χ4v) is 6.05. The van der Waals surface area contributed by atoms with Gasteiger partial charge >= 0.3 is 5.82 Å². The second-order valence-corrected chi connectivity index (χ2v) is 10.8. The van der Waals surface area contributed by atoms with Crippen molar-refractivity contribution in [2.24, 2.45) is 5.92 Å². The molecule has 5 heterocycles. The first-order chi connectivity index (χ1) is 20.8. The normalized spacial score (nSPS) is 16.8. The van der Waals surface area contributed by atoms with Gasteiger partial charge < -0.3 is 24.3 Å². The molecule has 0 amide bonds. The quantitative estimate of drug-likeness (QED) is 0.157. The molecule has 220 valence electrons. The van der Waals surface area contributed by atoms with Crippen LogP contribution in [0.2, 0.25) is 0 Å². The van der Waals surface area contributed by atoms with Crippen molar-refractivity contribution in [2.75, 3.05) is 25.1 Å². The van der Waals surface area contributed by atoms with Gasteiger partial charge in [-0.3, -0.25) is 4.79 Å². The Bertz CT molecular complexity index is 1830. The fourth-order valence-electron chi connectivity index (χ4n) is 6.05. The highest BCUT2D eigenvalue weighted by Gasteiger charge is 2.26. The number of aromatic nitrogens is 3. The van der Waals surface area contributed by atoms with E-state index < -0.39 is 16.6 Å². The first kappa shape index (κ1) is 28.2. The van der Waals surface area contributed by atoms with E-state index in [1.165, 1.54) is 12.3 Å². The summed E-state index contributed by atoms with van der Waals surface area (Å²) in [5.41, 5.74) is 3.36. The van der Waals surface area contributed by atoms with Crippen LogP contribution in [0.25, 0.3) is 17.0 Å². The van der Waals surface area contributed by atoms with Crippen LogP contribution >= 0.6 is 0 Å². The third kappa shape index (κ3) is 5.62. The van der Waals surface area contributed by atoms with E-state index in [-0.39, 0.29) is 34.5 Å². The first-order valence-corrected chi connectivity index (χ1v) is 14.1. The fraction of sp³-hybridized carbons (Fsp3) is 0.281. The van der Waals surface area contributed by atoms with Gasteiger partial charge in [-0.05, 0) is 71.3 Å². The molecule has 6 rings (SSSR count). The van der Waals surface area contributed by atoms with Gasteiger partial charge in [-0.1, -0.05) is 17.7 Å². The first-order valence-electron chi connectivity index (χ1n) is 14.1. The molecule has 1 fully saturated rings. The molecule has 2 aliphatic heterocycles. The molecule has 0 N–H and O–H groups in total. The molecular formula is C32H29F2N5O4. The Morgan fingerprint density at radius 2 is 2.07 bits per heavy atom. The molecule has 0 unspecified atom stereocenters. The zero-order valence-electron chi connectivity index (χ0n) is 23.5. The molecule has 1 saturated heterocycles. The summed E-state index contributed by atoms with van der Waals surface area (Å²) in [6.45, 7) is 1.80. The molecule has 1 atom stereocenters. The van der Waals surface area contributed by atoms with Gasteiger partial charge in [0.05, 0.1) is 18.3 Å². The van der Waals surface area contributed by atoms with Crippen LogP contribution in [0.15, 0.2) is 71.4 Å². The summed E-state index contributed by atoms with van der Waals surface area (Å²) in [7, 11) is 1.55. The van der Waals surface area contributed by atoms with Crippen LogP contribution in [0.4, 0.5) is 20.3 Å². The summed E-state index contributed by atoms with van der Waals surface area (Å²) in [6, 6.07) is 7.85. The lowest BCUT2D eigenvalue weighted by Gasteiger charge is -2.35. The van der Waals surface area contributed by atoms with E-state index in [4.69, 9.17) is 4.74 Å². The predicted molar refractivity (Wildman–Crippen MR) is 159 cm³/mol. The Hall–Kier alpha value is -4.93. The van der Waals surface area contributed by atoms with E-state index in [0.717, 1.165) is 42.3 Å². The van der Waals surface area contributed by atoms with Crippen molar-refractivity contribution in [2.45, 2.75) is 32.2 Å². The van der Waals surface area contributed by atoms with Crippen LogP contribution in [0.5, 0.6) is 5.88 Å². The van der Waals surface area contributed by atoms with Gasteiger partial charge in [-0.2, -0.15) is 0 Å². The molecule has 2 aliphatic rings. The Morgan fingerprint density at radius 3 is 2.84 bits per heavy atom. The Morgan fingerprint density at radius 1 is 1.21 bits per heavy atom. The number of halogens is 2. The lowest BCUT2D eigenvalue weighted by Crippen LogP contribution is -2.36. The molecule has 9 nitrogen and oxygen atoms in total. The largest absolute Gasteiger partial charge is 0.481 e. The number of ether oxygens (including phenoxy) is 1. The topological polar surface area (TPSA) is 103 Å². The number of anilines is 1. The molecule has 0 saturated carbocycles. The van der Waals surface area contributed by atoms with E-state index in [0.29, 0.717) is 36.5 Å².